The summed E-state index contributed by atoms with van der Waals surface area (Å²) in [4.78, 5) is 10.3. The zero-order chi connectivity index (χ0) is 20.9. The van der Waals surface area contributed by atoms with E-state index in [9.17, 15) is 13.2 Å². The van der Waals surface area contributed by atoms with Gasteiger partial charge in [0.2, 0.25) is 0 Å². The van der Waals surface area contributed by atoms with E-state index in [1.807, 2.05) is 0 Å². The third-order valence-electron chi connectivity index (χ3n) is 4.86. The van der Waals surface area contributed by atoms with Crippen LogP contribution in [0.15, 0.2) is 34.6 Å². The smallest absolute Gasteiger partial charge is 0.369 e. The van der Waals surface area contributed by atoms with Crippen molar-refractivity contribution >= 4 is 47.0 Å². The maximum Gasteiger partial charge on any atom is 0.434 e. The summed E-state index contributed by atoms with van der Waals surface area (Å²) < 4.78 is 37.9. The van der Waals surface area contributed by atoms with E-state index in [-0.39, 0.29) is 30.0 Å². The van der Waals surface area contributed by atoms with Crippen molar-refractivity contribution in [3.63, 3.8) is 0 Å². The molecule has 0 saturated carbocycles. The van der Waals surface area contributed by atoms with Gasteiger partial charge in [0, 0.05) is 50.2 Å². The van der Waals surface area contributed by atoms with E-state index >= 15 is 0 Å². The second kappa shape index (κ2) is 11.2. The summed E-state index contributed by atoms with van der Waals surface area (Å²) >= 11 is 1.03. The Bertz CT molecular complexity index is 823. The monoisotopic (exact) mass is 553 g/mol. The van der Waals surface area contributed by atoms with Crippen molar-refractivity contribution in [2.24, 2.45) is 4.99 Å². The number of nitrogens with one attached hydrogen (secondary N) is 2. The Balaban J connectivity index is 0.00000320. The standard InChI is InChI=1S/C20H26F3N5S.HI/c1-14-5-7-16(8-6-14)28-11-3-4-15(12-28)26-19(24-2)25-10-9-18-27-17(13-29-18)20(21,22)23;/h5-8,13,15H,3-4,9-12H2,1-2H3,(H2,24,25,26);1H. The molecule has 0 bridgehead atoms. The predicted molar refractivity (Wildman–Crippen MR) is 127 cm³/mol. The molecule has 2 N–H and O–H groups in total. The van der Waals surface area contributed by atoms with Crippen molar-refractivity contribution in [3.8, 4) is 0 Å². The number of hydrogen-bond donors (Lipinski definition) is 2. The highest BCUT2D eigenvalue weighted by atomic mass is 127. The molecule has 0 radical (unpaired) electrons. The van der Waals surface area contributed by atoms with E-state index in [2.05, 4.69) is 56.7 Å². The first-order chi connectivity index (χ1) is 13.8. The van der Waals surface area contributed by atoms with E-state index in [1.165, 1.54) is 11.3 Å². The molecule has 166 valence electrons. The van der Waals surface area contributed by atoms with Crippen molar-refractivity contribution in [3.05, 3.63) is 45.9 Å². The zero-order valence-electron chi connectivity index (χ0n) is 17.0. The Hall–Kier alpha value is -1.56. The fourth-order valence-corrected chi connectivity index (χ4v) is 4.12. The van der Waals surface area contributed by atoms with Gasteiger partial charge in [-0.2, -0.15) is 13.2 Å². The van der Waals surface area contributed by atoms with Crippen molar-refractivity contribution < 1.29 is 13.2 Å². The predicted octanol–water partition coefficient (Wildman–Crippen LogP) is 4.46. The van der Waals surface area contributed by atoms with Crippen molar-refractivity contribution in [2.75, 3.05) is 31.6 Å². The van der Waals surface area contributed by atoms with Gasteiger partial charge in [0.1, 0.15) is 0 Å². The molecule has 1 unspecified atom stereocenters. The van der Waals surface area contributed by atoms with Crippen LogP contribution in [0.5, 0.6) is 0 Å². The van der Waals surface area contributed by atoms with Gasteiger partial charge in [0.15, 0.2) is 11.7 Å². The van der Waals surface area contributed by atoms with Crippen LogP contribution in [0, 0.1) is 6.92 Å². The van der Waals surface area contributed by atoms with E-state index < -0.39 is 11.9 Å². The minimum absolute atomic E-state index is 0. The molecule has 1 aromatic heterocycles. The number of anilines is 1. The number of aliphatic imine (C=N–C) groups is 1. The number of halogens is 4. The largest absolute Gasteiger partial charge is 0.434 e. The molecule has 1 aliphatic rings. The van der Waals surface area contributed by atoms with Crippen LogP contribution in [0.4, 0.5) is 18.9 Å². The number of rotatable bonds is 5. The summed E-state index contributed by atoms with van der Waals surface area (Å²) in [5.41, 5.74) is 1.64. The van der Waals surface area contributed by atoms with Crippen molar-refractivity contribution in [2.45, 2.75) is 38.4 Å². The Morgan fingerprint density at radius 3 is 2.67 bits per heavy atom. The molecule has 30 heavy (non-hydrogen) atoms. The van der Waals surface area contributed by atoms with Crippen molar-refractivity contribution in [1.82, 2.24) is 15.6 Å². The van der Waals surface area contributed by atoms with Gasteiger partial charge >= 0.3 is 6.18 Å². The highest BCUT2D eigenvalue weighted by Crippen LogP contribution is 2.30. The number of nitrogens with zero attached hydrogens (tertiary/aromatic N) is 3. The topological polar surface area (TPSA) is 52.6 Å². The lowest BCUT2D eigenvalue weighted by atomic mass is 10.0. The van der Waals surface area contributed by atoms with Gasteiger partial charge in [-0.05, 0) is 31.9 Å². The second-order valence-electron chi connectivity index (χ2n) is 7.14. The summed E-state index contributed by atoms with van der Waals surface area (Å²) in [5.74, 6) is 0.661. The van der Waals surface area contributed by atoms with Gasteiger partial charge < -0.3 is 15.5 Å². The maximum absolute atomic E-state index is 12.6. The minimum atomic E-state index is -4.38. The van der Waals surface area contributed by atoms with Gasteiger partial charge in [-0.25, -0.2) is 4.98 Å². The average Bonchev–Trinajstić information content (AvgIpc) is 3.17. The third kappa shape index (κ3) is 7.00. The molecule has 1 aromatic carbocycles. The van der Waals surface area contributed by atoms with Crippen LogP contribution in [0.1, 0.15) is 29.1 Å². The van der Waals surface area contributed by atoms with Crippen LogP contribution in [-0.2, 0) is 12.6 Å². The molecule has 1 atom stereocenters. The lowest BCUT2D eigenvalue weighted by Gasteiger charge is -2.35. The van der Waals surface area contributed by atoms with Crippen LogP contribution in [0.2, 0.25) is 0 Å². The highest BCUT2D eigenvalue weighted by Gasteiger charge is 2.33. The number of aromatic nitrogens is 1. The molecule has 1 aliphatic heterocycles. The Morgan fingerprint density at radius 1 is 1.30 bits per heavy atom. The molecule has 0 spiro atoms. The molecule has 2 aromatic rings. The van der Waals surface area contributed by atoms with E-state index in [0.29, 0.717) is 23.9 Å². The lowest BCUT2D eigenvalue weighted by Crippen LogP contribution is -2.51. The lowest BCUT2D eigenvalue weighted by molar-refractivity contribution is -0.140. The molecule has 1 fully saturated rings. The van der Waals surface area contributed by atoms with Gasteiger partial charge in [0.05, 0.1) is 5.01 Å². The fraction of sp³-hybridized carbons (Fsp3) is 0.500. The van der Waals surface area contributed by atoms with Crippen LogP contribution in [0.25, 0.3) is 0 Å². The number of hydrogen-bond acceptors (Lipinski definition) is 4. The number of benzene rings is 1. The molecule has 1 saturated heterocycles. The van der Waals surface area contributed by atoms with Crippen LogP contribution < -0.4 is 15.5 Å². The minimum Gasteiger partial charge on any atom is -0.369 e. The Morgan fingerprint density at radius 2 is 2.03 bits per heavy atom. The number of aryl methyl sites for hydroxylation is 1. The second-order valence-corrected chi connectivity index (χ2v) is 8.08. The van der Waals surface area contributed by atoms with Crippen LogP contribution in [-0.4, -0.2) is 43.7 Å². The molecule has 0 aliphatic carbocycles. The van der Waals surface area contributed by atoms with Crippen molar-refractivity contribution in [1.29, 1.82) is 0 Å². The number of alkyl halides is 3. The molecular weight excluding hydrogens is 526 g/mol. The van der Waals surface area contributed by atoms with Gasteiger partial charge in [-0.3, -0.25) is 4.99 Å². The molecule has 0 amide bonds. The third-order valence-corrected chi connectivity index (χ3v) is 5.77. The highest BCUT2D eigenvalue weighted by molar-refractivity contribution is 14.0. The fourth-order valence-electron chi connectivity index (χ4n) is 3.32. The number of thiazole rings is 1. The molecule has 2 heterocycles. The van der Waals surface area contributed by atoms with E-state index in [0.717, 1.165) is 42.6 Å². The summed E-state index contributed by atoms with van der Waals surface area (Å²) in [6.07, 6.45) is -1.84. The van der Waals surface area contributed by atoms with Crippen LogP contribution in [0.3, 0.4) is 0 Å². The molecule has 3 rings (SSSR count). The first-order valence-electron chi connectivity index (χ1n) is 9.65. The summed E-state index contributed by atoms with van der Waals surface area (Å²) in [7, 11) is 1.70. The van der Waals surface area contributed by atoms with E-state index in [4.69, 9.17) is 0 Å². The normalized spacial score (nSPS) is 17.4. The molecule has 5 nitrogen and oxygen atoms in total. The average molecular weight is 553 g/mol. The van der Waals surface area contributed by atoms with E-state index in [1.54, 1.807) is 7.05 Å². The van der Waals surface area contributed by atoms with Gasteiger partial charge in [-0.15, -0.1) is 35.3 Å². The maximum atomic E-state index is 12.6. The Kier molecular flexibility index (Phi) is 9.20. The quantitative estimate of drug-likeness (QED) is 0.326. The molecular formula is C20H27F3IN5S. The SMILES string of the molecule is CN=C(NCCc1nc(C(F)(F)F)cs1)NC1CCCN(c2ccc(C)cc2)C1.I. The number of piperidine rings is 1. The van der Waals surface area contributed by atoms with Crippen LogP contribution >= 0.6 is 35.3 Å². The zero-order valence-corrected chi connectivity index (χ0v) is 20.1. The summed E-state index contributed by atoms with van der Waals surface area (Å²) in [5, 5.41) is 8.13. The van der Waals surface area contributed by atoms with Gasteiger partial charge in [0.25, 0.3) is 0 Å². The molecule has 10 heteroatoms. The number of guanidine groups is 1. The summed E-state index contributed by atoms with van der Waals surface area (Å²) in [6, 6.07) is 8.79. The first-order valence-corrected chi connectivity index (χ1v) is 10.5. The van der Waals surface area contributed by atoms with Gasteiger partial charge in [-0.1, -0.05) is 17.7 Å². The summed E-state index contributed by atoms with van der Waals surface area (Å²) in [6.45, 7) is 4.46. The Labute approximate surface area is 196 Å². The first kappa shape index (κ1) is 24.7.